The van der Waals surface area contributed by atoms with Crippen LogP contribution in [0.4, 0.5) is 0 Å². The van der Waals surface area contributed by atoms with Crippen molar-refractivity contribution < 1.29 is 23.9 Å². The number of methoxy groups -OCH3 is 2. The maximum atomic E-state index is 12.7. The zero-order valence-corrected chi connectivity index (χ0v) is 13.4. The van der Waals surface area contributed by atoms with Crippen molar-refractivity contribution in [2.45, 2.75) is 31.6 Å². The van der Waals surface area contributed by atoms with Crippen LogP contribution in [0.3, 0.4) is 0 Å². The Morgan fingerprint density at radius 3 is 2.55 bits per heavy atom. The fourth-order valence-corrected chi connectivity index (χ4v) is 4.89. The van der Waals surface area contributed by atoms with E-state index in [0.717, 1.165) is 16.9 Å². The van der Waals surface area contributed by atoms with Crippen molar-refractivity contribution in [2.24, 2.45) is 11.3 Å². The van der Waals surface area contributed by atoms with Crippen LogP contribution in [0.1, 0.15) is 46.8 Å². The van der Waals surface area contributed by atoms with Crippen molar-refractivity contribution in [3.05, 3.63) is 21.9 Å². The number of ether oxygens (including phenoxy) is 2. The standard InChI is InChI=1S/C16H18O5S/c1-20-14(18)16(15(19)21-2)6-3-4-9-10-5-7-22-13(10)12(17)11(9)8-16/h5,7,9,11H,3-4,6,8H2,1-2H3/t9-,11-/m1/s1. The number of esters is 2. The first-order valence-corrected chi connectivity index (χ1v) is 8.21. The summed E-state index contributed by atoms with van der Waals surface area (Å²) >= 11 is 1.44. The lowest BCUT2D eigenvalue weighted by molar-refractivity contribution is -0.170. The van der Waals surface area contributed by atoms with Crippen molar-refractivity contribution in [3.63, 3.8) is 0 Å². The summed E-state index contributed by atoms with van der Waals surface area (Å²) in [5.41, 5.74) is -0.280. The van der Waals surface area contributed by atoms with Gasteiger partial charge in [-0.05, 0) is 42.2 Å². The van der Waals surface area contributed by atoms with Crippen molar-refractivity contribution in [2.75, 3.05) is 14.2 Å². The second-order valence-corrected chi connectivity index (χ2v) is 6.86. The topological polar surface area (TPSA) is 69.7 Å². The third kappa shape index (κ3) is 2.00. The number of ketones is 1. The maximum Gasteiger partial charge on any atom is 0.323 e. The monoisotopic (exact) mass is 322 g/mol. The zero-order valence-electron chi connectivity index (χ0n) is 12.6. The average molecular weight is 322 g/mol. The van der Waals surface area contributed by atoms with Gasteiger partial charge in [-0.1, -0.05) is 6.42 Å². The molecule has 22 heavy (non-hydrogen) atoms. The maximum absolute atomic E-state index is 12.7. The van der Waals surface area contributed by atoms with Crippen LogP contribution in [0.5, 0.6) is 0 Å². The molecular formula is C16H18O5S. The fourth-order valence-electron chi connectivity index (χ4n) is 3.92. The van der Waals surface area contributed by atoms with E-state index in [2.05, 4.69) is 0 Å². The van der Waals surface area contributed by atoms with Crippen LogP contribution >= 0.6 is 11.3 Å². The molecule has 6 heteroatoms. The molecule has 0 N–H and O–H groups in total. The van der Waals surface area contributed by atoms with Gasteiger partial charge in [-0.3, -0.25) is 14.4 Å². The van der Waals surface area contributed by atoms with Crippen molar-refractivity contribution in [1.82, 2.24) is 0 Å². The van der Waals surface area contributed by atoms with Gasteiger partial charge in [0.15, 0.2) is 11.2 Å². The smallest absolute Gasteiger partial charge is 0.323 e. The van der Waals surface area contributed by atoms with Gasteiger partial charge in [0.1, 0.15) is 0 Å². The molecule has 1 aromatic heterocycles. The zero-order chi connectivity index (χ0) is 15.9. The molecule has 1 aromatic rings. The summed E-state index contributed by atoms with van der Waals surface area (Å²) in [6.45, 7) is 0. The second kappa shape index (κ2) is 5.50. The van der Waals surface area contributed by atoms with Crippen LogP contribution in [-0.4, -0.2) is 31.9 Å². The molecule has 0 saturated heterocycles. The minimum Gasteiger partial charge on any atom is -0.468 e. The quantitative estimate of drug-likeness (QED) is 0.618. The van der Waals surface area contributed by atoms with Gasteiger partial charge in [-0.2, -0.15) is 0 Å². The predicted octanol–water partition coefficient (Wildman–Crippen LogP) is 2.55. The Morgan fingerprint density at radius 2 is 1.91 bits per heavy atom. The molecule has 2 atom stereocenters. The molecular weight excluding hydrogens is 304 g/mol. The minimum atomic E-state index is -1.35. The van der Waals surface area contributed by atoms with Crippen molar-refractivity contribution >= 4 is 29.1 Å². The third-order valence-electron chi connectivity index (χ3n) is 4.98. The predicted molar refractivity (Wildman–Crippen MR) is 79.8 cm³/mol. The number of carbonyl (C=O) groups is 3. The summed E-state index contributed by atoms with van der Waals surface area (Å²) in [6.07, 6.45) is 2.03. The second-order valence-electron chi connectivity index (χ2n) is 5.94. The van der Waals surface area contributed by atoms with Gasteiger partial charge in [0.2, 0.25) is 0 Å². The average Bonchev–Trinajstić information content (AvgIpc) is 3.03. The Bertz CT molecular complexity index is 616. The molecule has 0 aliphatic heterocycles. The number of hydrogen-bond acceptors (Lipinski definition) is 6. The number of rotatable bonds is 2. The largest absolute Gasteiger partial charge is 0.468 e. The van der Waals surface area contributed by atoms with Crippen LogP contribution in [-0.2, 0) is 19.1 Å². The van der Waals surface area contributed by atoms with E-state index < -0.39 is 17.4 Å². The third-order valence-corrected chi connectivity index (χ3v) is 5.93. The highest BCUT2D eigenvalue weighted by Gasteiger charge is 2.55. The lowest BCUT2D eigenvalue weighted by Gasteiger charge is -2.28. The van der Waals surface area contributed by atoms with E-state index in [-0.39, 0.29) is 24.0 Å². The Kier molecular flexibility index (Phi) is 3.80. The van der Waals surface area contributed by atoms with Gasteiger partial charge in [0, 0.05) is 5.92 Å². The molecule has 0 aromatic carbocycles. The molecule has 118 valence electrons. The summed E-state index contributed by atoms with van der Waals surface area (Å²) in [5.74, 6) is -1.37. The SMILES string of the molecule is COC(=O)C1(C(=O)OC)CCC[C@@H]2c3ccsc3C(=O)[C@@H]2C1. The summed E-state index contributed by atoms with van der Waals surface area (Å²) in [7, 11) is 2.53. The number of fused-ring (bicyclic) bond motifs is 3. The number of thiophene rings is 1. The molecule has 5 nitrogen and oxygen atoms in total. The van der Waals surface area contributed by atoms with Crippen LogP contribution in [0.25, 0.3) is 0 Å². The van der Waals surface area contributed by atoms with Crippen LogP contribution < -0.4 is 0 Å². The summed E-state index contributed by atoms with van der Waals surface area (Å²) in [4.78, 5) is 38.1. The number of hydrogen-bond donors (Lipinski definition) is 0. The molecule has 0 unspecified atom stereocenters. The van der Waals surface area contributed by atoms with E-state index in [1.807, 2.05) is 11.4 Å². The molecule has 0 radical (unpaired) electrons. The van der Waals surface area contributed by atoms with Crippen LogP contribution in [0, 0.1) is 11.3 Å². The van der Waals surface area contributed by atoms with E-state index in [1.54, 1.807) is 0 Å². The highest BCUT2D eigenvalue weighted by Crippen LogP contribution is 2.52. The molecule has 2 aliphatic rings. The van der Waals surface area contributed by atoms with Gasteiger partial charge < -0.3 is 9.47 Å². The fraction of sp³-hybridized carbons (Fsp3) is 0.562. The Balaban J connectivity index is 2.01. The van der Waals surface area contributed by atoms with Gasteiger partial charge in [-0.15, -0.1) is 11.3 Å². The lowest BCUT2D eigenvalue weighted by atomic mass is 9.75. The Hall–Kier alpha value is -1.69. The highest BCUT2D eigenvalue weighted by atomic mass is 32.1. The number of Topliss-reactive ketones (excluding diaryl/α,β-unsaturated/α-hetero) is 1. The van der Waals surface area contributed by atoms with E-state index >= 15 is 0 Å². The number of carbonyl (C=O) groups excluding carboxylic acids is 3. The van der Waals surface area contributed by atoms with Gasteiger partial charge in [0.25, 0.3) is 0 Å². The molecule has 1 fully saturated rings. The van der Waals surface area contributed by atoms with E-state index in [1.165, 1.54) is 25.6 Å². The van der Waals surface area contributed by atoms with E-state index in [9.17, 15) is 14.4 Å². The molecule has 0 bridgehead atoms. The Labute approximate surface area is 132 Å². The summed E-state index contributed by atoms with van der Waals surface area (Å²) in [5, 5.41) is 1.93. The lowest BCUT2D eigenvalue weighted by Crippen LogP contribution is -2.43. The van der Waals surface area contributed by atoms with Crippen molar-refractivity contribution in [1.29, 1.82) is 0 Å². The first kappa shape index (κ1) is 15.2. The summed E-state index contributed by atoms with van der Waals surface area (Å²) < 4.78 is 9.73. The molecule has 0 amide bonds. The first-order chi connectivity index (χ1) is 10.5. The summed E-state index contributed by atoms with van der Waals surface area (Å²) in [6, 6.07) is 1.99. The molecule has 0 spiro atoms. The van der Waals surface area contributed by atoms with E-state index in [0.29, 0.717) is 12.8 Å². The van der Waals surface area contributed by atoms with Gasteiger partial charge >= 0.3 is 11.9 Å². The van der Waals surface area contributed by atoms with Gasteiger partial charge in [0.05, 0.1) is 19.1 Å². The van der Waals surface area contributed by atoms with Crippen molar-refractivity contribution in [3.8, 4) is 0 Å². The van der Waals surface area contributed by atoms with E-state index in [4.69, 9.17) is 9.47 Å². The molecule has 3 rings (SSSR count). The van der Waals surface area contributed by atoms with Crippen LogP contribution in [0.2, 0.25) is 0 Å². The highest BCUT2D eigenvalue weighted by molar-refractivity contribution is 7.12. The van der Waals surface area contributed by atoms with Gasteiger partial charge in [-0.25, -0.2) is 0 Å². The van der Waals surface area contributed by atoms with Crippen LogP contribution in [0.15, 0.2) is 11.4 Å². The first-order valence-electron chi connectivity index (χ1n) is 7.33. The Morgan fingerprint density at radius 1 is 1.23 bits per heavy atom. The molecule has 1 saturated carbocycles. The molecule has 2 aliphatic carbocycles. The normalized spacial score (nSPS) is 25.8. The molecule has 1 heterocycles. The minimum absolute atomic E-state index is 0.0501.